The van der Waals surface area contributed by atoms with E-state index < -0.39 is 0 Å². The van der Waals surface area contributed by atoms with Crippen LogP contribution in [0.4, 0.5) is 0 Å². The van der Waals surface area contributed by atoms with Gasteiger partial charge in [-0.2, -0.15) is 0 Å². The van der Waals surface area contributed by atoms with Crippen molar-refractivity contribution in [3.8, 4) is 5.75 Å². The number of carbonyl (C=O) groups excluding carboxylic acids is 1. The standard InChI is InChI=1S/C10H11NO2/c1-7(12)13-10-3-2-8-5-11-6-9(8)4-10/h2-4,11H,5-6H2,1H3. The van der Waals surface area contributed by atoms with Crippen LogP contribution in [-0.2, 0) is 17.9 Å². The third kappa shape index (κ3) is 1.70. The number of benzene rings is 1. The summed E-state index contributed by atoms with van der Waals surface area (Å²) >= 11 is 0. The molecule has 1 aliphatic heterocycles. The second kappa shape index (κ2) is 3.18. The van der Waals surface area contributed by atoms with E-state index in [1.54, 1.807) is 0 Å². The molecule has 0 saturated carbocycles. The molecule has 0 radical (unpaired) electrons. The molecule has 2 rings (SSSR count). The SMILES string of the molecule is CC(=O)Oc1ccc2c(c1)CNC2. The highest BCUT2D eigenvalue weighted by Gasteiger charge is 2.10. The summed E-state index contributed by atoms with van der Waals surface area (Å²) in [6.45, 7) is 3.19. The van der Waals surface area contributed by atoms with Crippen molar-refractivity contribution in [3.63, 3.8) is 0 Å². The van der Waals surface area contributed by atoms with Crippen molar-refractivity contribution in [2.75, 3.05) is 0 Å². The highest BCUT2D eigenvalue weighted by Crippen LogP contribution is 2.21. The average molecular weight is 177 g/mol. The fraction of sp³-hybridized carbons (Fsp3) is 0.300. The summed E-state index contributed by atoms with van der Waals surface area (Å²) in [6.07, 6.45) is 0. The van der Waals surface area contributed by atoms with E-state index in [1.165, 1.54) is 18.1 Å². The van der Waals surface area contributed by atoms with Gasteiger partial charge in [0.25, 0.3) is 0 Å². The van der Waals surface area contributed by atoms with Crippen molar-refractivity contribution >= 4 is 5.97 Å². The summed E-state index contributed by atoms with van der Waals surface area (Å²) in [5.74, 6) is 0.362. The van der Waals surface area contributed by atoms with Crippen molar-refractivity contribution in [2.24, 2.45) is 0 Å². The molecular weight excluding hydrogens is 166 g/mol. The van der Waals surface area contributed by atoms with Gasteiger partial charge in [0.15, 0.2) is 0 Å². The summed E-state index contributed by atoms with van der Waals surface area (Å²) in [6, 6.07) is 5.73. The topological polar surface area (TPSA) is 38.3 Å². The molecule has 0 aliphatic carbocycles. The minimum absolute atomic E-state index is 0.272. The first kappa shape index (κ1) is 8.26. The molecular formula is C10H11NO2. The molecule has 1 aromatic rings. The van der Waals surface area contributed by atoms with Gasteiger partial charge >= 0.3 is 5.97 Å². The molecule has 0 unspecified atom stereocenters. The lowest BCUT2D eigenvalue weighted by Gasteiger charge is -2.02. The molecule has 0 spiro atoms. The van der Waals surface area contributed by atoms with Gasteiger partial charge in [0.2, 0.25) is 0 Å². The summed E-state index contributed by atoms with van der Waals surface area (Å²) < 4.78 is 4.97. The molecule has 0 saturated heterocycles. The molecule has 13 heavy (non-hydrogen) atoms. The van der Waals surface area contributed by atoms with Gasteiger partial charge in [0.05, 0.1) is 0 Å². The lowest BCUT2D eigenvalue weighted by molar-refractivity contribution is -0.131. The Bertz CT molecular complexity index is 347. The van der Waals surface area contributed by atoms with Gasteiger partial charge in [0, 0.05) is 20.0 Å². The third-order valence-corrected chi connectivity index (χ3v) is 2.07. The summed E-state index contributed by atoms with van der Waals surface area (Å²) in [4.78, 5) is 10.7. The first-order chi connectivity index (χ1) is 6.25. The van der Waals surface area contributed by atoms with Crippen molar-refractivity contribution in [2.45, 2.75) is 20.0 Å². The Morgan fingerprint density at radius 2 is 2.15 bits per heavy atom. The van der Waals surface area contributed by atoms with E-state index in [9.17, 15) is 4.79 Å². The van der Waals surface area contributed by atoms with Gasteiger partial charge in [-0.05, 0) is 23.3 Å². The molecule has 0 bridgehead atoms. The predicted molar refractivity (Wildman–Crippen MR) is 48.3 cm³/mol. The molecule has 68 valence electrons. The van der Waals surface area contributed by atoms with Gasteiger partial charge in [-0.15, -0.1) is 0 Å². The molecule has 0 atom stereocenters. The van der Waals surface area contributed by atoms with Crippen molar-refractivity contribution in [1.82, 2.24) is 5.32 Å². The maximum absolute atomic E-state index is 10.7. The van der Waals surface area contributed by atoms with Crippen LogP contribution in [0.2, 0.25) is 0 Å². The number of hydrogen-bond donors (Lipinski definition) is 1. The van der Waals surface area contributed by atoms with Gasteiger partial charge in [-0.1, -0.05) is 6.07 Å². The van der Waals surface area contributed by atoms with Crippen LogP contribution in [0.25, 0.3) is 0 Å². The van der Waals surface area contributed by atoms with Crippen LogP contribution in [0.3, 0.4) is 0 Å². The Morgan fingerprint density at radius 1 is 1.38 bits per heavy atom. The molecule has 0 amide bonds. The number of nitrogens with one attached hydrogen (secondary N) is 1. The minimum atomic E-state index is -0.272. The van der Waals surface area contributed by atoms with Crippen LogP contribution < -0.4 is 10.1 Å². The Labute approximate surface area is 76.7 Å². The van der Waals surface area contributed by atoms with Gasteiger partial charge < -0.3 is 10.1 Å². The molecule has 1 aliphatic rings. The third-order valence-electron chi connectivity index (χ3n) is 2.07. The first-order valence-electron chi connectivity index (χ1n) is 4.26. The largest absolute Gasteiger partial charge is 0.427 e. The molecule has 3 heteroatoms. The molecule has 1 heterocycles. The van der Waals surface area contributed by atoms with Crippen LogP contribution in [0.15, 0.2) is 18.2 Å². The van der Waals surface area contributed by atoms with Gasteiger partial charge in [0.1, 0.15) is 5.75 Å². The summed E-state index contributed by atoms with van der Waals surface area (Å²) in [5.41, 5.74) is 2.51. The number of carbonyl (C=O) groups is 1. The quantitative estimate of drug-likeness (QED) is 0.517. The van der Waals surface area contributed by atoms with Crippen LogP contribution in [0.1, 0.15) is 18.1 Å². The first-order valence-corrected chi connectivity index (χ1v) is 4.26. The predicted octanol–water partition coefficient (Wildman–Crippen LogP) is 1.22. The van der Waals surface area contributed by atoms with Crippen LogP contribution in [0.5, 0.6) is 5.75 Å². The normalized spacial score (nSPS) is 13.9. The molecule has 1 N–H and O–H groups in total. The van der Waals surface area contributed by atoms with E-state index in [1.807, 2.05) is 18.2 Å². The zero-order valence-corrected chi connectivity index (χ0v) is 7.46. The van der Waals surface area contributed by atoms with E-state index in [2.05, 4.69) is 5.32 Å². The van der Waals surface area contributed by atoms with Crippen LogP contribution in [-0.4, -0.2) is 5.97 Å². The van der Waals surface area contributed by atoms with Crippen LogP contribution >= 0.6 is 0 Å². The number of rotatable bonds is 1. The summed E-state index contributed by atoms with van der Waals surface area (Å²) in [5, 5.41) is 3.23. The Hall–Kier alpha value is -1.35. The van der Waals surface area contributed by atoms with E-state index >= 15 is 0 Å². The van der Waals surface area contributed by atoms with Crippen molar-refractivity contribution in [3.05, 3.63) is 29.3 Å². The van der Waals surface area contributed by atoms with E-state index in [-0.39, 0.29) is 5.97 Å². The minimum Gasteiger partial charge on any atom is -0.427 e. The Balaban J connectivity index is 2.25. The van der Waals surface area contributed by atoms with Crippen molar-refractivity contribution in [1.29, 1.82) is 0 Å². The average Bonchev–Trinajstić information content (AvgIpc) is 2.49. The number of ether oxygens (including phenoxy) is 1. The molecule has 0 fully saturated rings. The fourth-order valence-corrected chi connectivity index (χ4v) is 1.50. The fourth-order valence-electron chi connectivity index (χ4n) is 1.50. The second-order valence-electron chi connectivity index (χ2n) is 3.13. The highest BCUT2D eigenvalue weighted by atomic mass is 16.5. The second-order valence-corrected chi connectivity index (χ2v) is 3.13. The maximum Gasteiger partial charge on any atom is 0.308 e. The molecule has 0 aromatic heterocycles. The van der Waals surface area contributed by atoms with Crippen LogP contribution in [0, 0.1) is 0 Å². The molecule has 3 nitrogen and oxygen atoms in total. The number of fused-ring (bicyclic) bond motifs is 1. The van der Waals surface area contributed by atoms with Crippen molar-refractivity contribution < 1.29 is 9.53 Å². The Morgan fingerprint density at radius 3 is 2.92 bits per heavy atom. The lowest BCUT2D eigenvalue weighted by atomic mass is 10.1. The van der Waals surface area contributed by atoms with Gasteiger partial charge in [-0.3, -0.25) is 4.79 Å². The number of hydrogen-bond acceptors (Lipinski definition) is 3. The zero-order valence-electron chi connectivity index (χ0n) is 7.46. The maximum atomic E-state index is 10.7. The number of esters is 1. The van der Waals surface area contributed by atoms with E-state index in [4.69, 9.17) is 4.74 Å². The zero-order chi connectivity index (χ0) is 9.26. The van der Waals surface area contributed by atoms with Gasteiger partial charge in [-0.25, -0.2) is 0 Å². The Kier molecular flexibility index (Phi) is 2.02. The lowest BCUT2D eigenvalue weighted by Crippen LogP contribution is -2.01. The highest BCUT2D eigenvalue weighted by molar-refractivity contribution is 5.69. The smallest absolute Gasteiger partial charge is 0.308 e. The monoisotopic (exact) mass is 177 g/mol. The molecule has 1 aromatic carbocycles. The summed E-state index contributed by atoms with van der Waals surface area (Å²) in [7, 11) is 0. The van der Waals surface area contributed by atoms with E-state index in [0.29, 0.717) is 5.75 Å². The van der Waals surface area contributed by atoms with E-state index in [0.717, 1.165) is 13.1 Å².